The Balaban J connectivity index is 2.06. The zero-order valence-corrected chi connectivity index (χ0v) is 10.0. The number of carbonyl (C=O) groups is 1. The van der Waals surface area contributed by atoms with E-state index >= 15 is 0 Å². The fourth-order valence-electron chi connectivity index (χ4n) is 1.93. The van der Waals surface area contributed by atoms with Gasteiger partial charge < -0.3 is 9.32 Å². The molecule has 1 aliphatic rings. The third-order valence-corrected chi connectivity index (χ3v) is 3.05. The second kappa shape index (κ2) is 4.73. The molecule has 0 spiro atoms. The Labute approximate surface area is 96.4 Å². The zero-order valence-electron chi connectivity index (χ0n) is 10.0. The molecule has 0 N–H and O–H groups in total. The van der Waals surface area contributed by atoms with Crippen molar-refractivity contribution in [2.75, 3.05) is 13.1 Å². The van der Waals surface area contributed by atoms with Crippen molar-refractivity contribution in [1.82, 2.24) is 4.90 Å². The SMILES string of the molecule is CCCN(CC1CC1)C(=O)c1ccoc1C. The van der Waals surface area contributed by atoms with Crippen LogP contribution in [0.1, 0.15) is 42.3 Å². The van der Waals surface area contributed by atoms with Crippen LogP contribution in [0.15, 0.2) is 16.7 Å². The Bertz CT molecular complexity index is 366. The standard InChI is InChI=1S/C13H19NO2/c1-3-7-14(9-11-4-5-11)13(15)12-6-8-16-10(12)2/h6,8,11H,3-5,7,9H2,1-2H3. The first-order chi connectivity index (χ1) is 7.72. The second-order valence-electron chi connectivity index (χ2n) is 4.59. The van der Waals surface area contributed by atoms with Crippen molar-refractivity contribution in [3.05, 3.63) is 23.7 Å². The maximum Gasteiger partial charge on any atom is 0.257 e. The molecule has 0 radical (unpaired) electrons. The molecule has 0 atom stereocenters. The minimum Gasteiger partial charge on any atom is -0.469 e. The molecule has 3 nitrogen and oxygen atoms in total. The Morgan fingerprint density at radius 2 is 2.31 bits per heavy atom. The zero-order chi connectivity index (χ0) is 11.5. The van der Waals surface area contributed by atoms with Gasteiger partial charge in [0.2, 0.25) is 0 Å². The van der Waals surface area contributed by atoms with Crippen molar-refractivity contribution in [3.63, 3.8) is 0 Å². The summed E-state index contributed by atoms with van der Waals surface area (Å²) in [7, 11) is 0. The molecule has 2 rings (SSSR count). The summed E-state index contributed by atoms with van der Waals surface area (Å²) in [5.74, 6) is 1.59. The van der Waals surface area contributed by atoms with Gasteiger partial charge in [-0.1, -0.05) is 6.92 Å². The molecule has 0 aromatic carbocycles. The molecule has 1 aliphatic carbocycles. The molecule has 0 bridgehead atoms. The lowest BCUT2D eigenvalue weighted by atomic mass is 10.2. The molecule has 16 heavy (non-hydrogen) atoms. The summed E-state index contributed by atoms with van der Waals surface area (Å²) in [6.07, 6.45) is 5.15. The summed E-state index contributed by atoms with van der Waals surface area (Å²) in [5.41, 5.74) is 0.717. The lowest BCUT2D eigenvalue weighted by Crippen LogP contribution is -2.33. The molecule has 0 aliphatic heterocycles. The predicted octanol–water partition coefficient (Wildman–Crippen LogP) is 2.85. The van der Waals surface area contributed by atoms with E-state index in [1.54, 1.807) is 12.3 Å². The van der Waals surface area contributed by atoms with Crippen molar-refractivity contribution in [2.45, 2.75) is 33.1 Å². The van der Waals surface area contributed by atoms with E-state index in [9.17, 15) is 4.79 Å². The van der Waals surface area contributed by atoms with Crippen LogP contribution in [0.5, 0.6) is 0 Å². The highest BCUT2D eigenvalue weighted by molar-refractivity contribution is 5.95. The molecule has 1 aromatic rings. The van der Waals surface area contributed by atoms with Crippen molar-refractivity contribution in [2.24, 2.45) is 5.92 Å². The minimum atomic E-state index is 0.125. The Morgan fingerprint density at radius 3 is 2.81 bits per heavy atom. The summed E-state index contributed by atoms with van der Waals surface area (Å²) in [6.45, 7) is 5.71. The quantitative estimate of drug-likeness (QED) is 0.766. The van der Waals surface area contributed by atoms with Crippen LogP contribution in [0.3, 0.4) is 0 Å². The van der Waals surface area contributed by atoms with E-state index in [2.05, 4.69) is 6.92 Å². The van der Waals surface area contributed by atoms with E-state index in [-0.39, 0.29) is 5.91 Å². The van der Waals surface area contributed by atoms with Crippen LogP contribution in [0.2, 0.25) is 0 Å². The Hall–Kier alpha value is -1.25. The van der Waals surface area contributed by atoms with Gasteiger partial charge in [-0.3, -0.25) is 4.79 Å². The summed E-state index contributed by atoms with van der Waals surface area (Å²) in [4.78, 5) is 14.2. The highest BCUT2D eigenvalue weighted by atomic mass is 16.3. The first kappa shape index (κ1) is 11.2. The van der Waals surface area contributed by atoms with Crippen LogP contribution in [0.4, 0.5) is 0 Å². The third kappa shape index (κ3) is 2.46. The van der Waals surface area contributed by atoms with Crippen molar-refractivity contribution in [3.8, 4) is 0 Å². The van der Waals surface area contributed by atoms with Gasteiger partial charge >= 0.3 is 0 Å². The van der Waals surface area contributed by atoms with Crippen molar-refractivity contribution < 1.29 is 9.21 Å². The van der Waals surface area contributed by atoms with E-state index in [1.165, 1.54) is 12.8 Å². The number of hydrogen-bond donors (Lipinski definition) is 0. The lowest BCUT2D eigenvalue weighted by molar-refractivity contribution is 0.0746. The fraction of sp³-hybridized carbons (Fsp3) is 0.615. The monoisotopic (exact) mass is 221 g/mol. The number of nitrogens with zero attached hydrogens (tertiary/aromatic N) is 1. The molecule has 3 heteroatoms. The first-order valence-electron chi connectivity index (χ1n) is 6.05. The second-order valence-corrected chi connectivity index (χ2v) is 4.59. The normalized spacial score (nSPS) is 15.1. The summed E-state index contributed by atoms with van der Waals surface area (Å²) in [5, 5.41) is 0. The van der Waals surface area contributed by atoms with Crippen LogP contribution < -0.4 is 0 Å². The van der Waals surface area contributed by atoms with Gasteiger partial charge in [0.15, 0.2) is 0 Å². The molecule has 0 unspecified atom stereocenters. The lowest BCUT2D eigenvalue weighted by Gasteiger charge is -2.21. The van der Waals surface area contributed by atoms with Gasteiger partial charge in [-0.05, 0) is 38.2 Å². The number of hydrogen-bond acceptors (Lipinski definition) is 2. The number of carbonyl (C=O) groups excluding carboxylic acids is 1. The molecular formula is C13H19NO2. The van der Waals surface area contributed by atoms with Crippen molar-refractivity contribution in [1.29, 1.82) is 0 Å². The maximum absolute atomic E-state index is 12.2. The van der Waals surface area contributed by atoms with Gasteiger partial charge in [-0.15, -0.1) is 0 Å². The highest BCUT2D eigenvalue weighted by Crippen LogP contribution is 2.30. The van der Waals surface area contributed by atoms with E-state index in [0.717, 1.165) is 31.2 Å². The highest BCUT2D eigenvalue weighted by Gasteiger charge is 2.27. The van der Waals surface area contributed by atoms with Gasteiger partial charge in [0.25, 0.3) is 5.91 Å². The molecule has 88 valence electrons. The molecule has 1 heterocycles. The van der Waals surface area contributed by atoms with Gasteiger partial charge in [0.05, 0.1) is 11.8 Å². The van der Waals surface area contributed by atoms with Crippen LogP contribution in [0.25, 0.3) is 0 Å². The Kier molecular flexibility index (Phi) is 3.32. The van der Waals surface area contributed by atoms with Crippen LogP contribution >= 0.6 is 0 Å². The van der Waals surface area contributed by atoms with Crippen LogP contribution in [-0.2, 0) is 0 Å². The van der Waals surface area contributed by atoms with Gasteiger partial charge in [-0.2, -0.15) is 0 Å². The summed E-state index contributed by atoms with van der Waals surface area (Å²) < 4.78 is 5.19. The number of amides is 1. The molecule has 1 amide bonds. The van der Waals surface area contributed by atoms with E-state index < -0.39 is 0 Å². The third-order valence-electron chi connectivity index (χ3n) is 3.05. The van der Waals surface area contributed by atoms with Gasteiger partial charge in [-0.25, -0.2) is 0 Å². The summed E-state index contributed by atoms with van der Waals surface area (Å²) >= 11 is 0. The van der Waals surface area contributed by atoms with Crippen LogP contribution in [0, 0.1) is 12.8 Å². The fourth-order valence-corrected chi connectivity index (χ4v) is 1.93. The predicted molar refractivity (Wildman–Crippen MR) is 62.4 cm³/mol. The summed E-state index contributed by atoms with van der Waals surface area (Å²) in [6, 6.07) is 1.77. The smallest absolute Gasteiger partial charge is 0.257 e. The largest absolute Gasteiger partial charge is 0.469 e. The molecule has 1 saturated carbocycles. The topological polar surface area (TPSA) is 33.5 Å². The van der Waals surface area contributed by atoms with Gasteiger partial charge in [0, 0.05) is 13.1 Å². The first-order valence-corrected chi connectivity index (χ1v) is 6.05. The minimum absolute atomic E-state index is 0.125. The average molecular weight is 221 g/mol. The molecule has 1 fully saturated rings. The molecule has 0 saturated heterocycles. The number of furan rings is 1. The number of rotatable bonds is 5. The van der Waals surface area contributed by atoms with E-state index in [1.807, 2.05) is 11.8 Å². The Morgan fingerprint density at radius 1 is 1.56 bits per heavy atom. The number of aryl methyl sites for hydroxylation is 1. The van der Waals surface area contributed by atoms with Crippen molar-refractivity contribution >= 4 is 5.91 Å². The average Bonchev–Trinajstić information content (AvgIpc) is 2.98. The van der Waals surface area contributed by atoms with Crippen LogP contribution in [-0.4, -0.2) is 23.9 Å². The van der Waals surface area contributed by atoms with E-state index in [0.29, 0.717) is 5.56 Å². The van der Waals surface area contributed by atoms with Gasteiger partial charge in [0.1, 0.15) is 5.76 Å². The molecule has 1 aromatic heterocycles. The molecular weight excluding hydrogens is 202 g/mol. The van der Waals surface area contributed by atoms with E-state index in [4.69, 9.17) is 4.42 Å². The maximum atomic E-state index is 12.2.